The molecule has 8 nitrogen and oxygen atoms in total. The molecule has 12 heteroatoms. The van der Waals surface area contributed by atoms with Crippen molar-refractivity contribution in [3.8, 4) is 5.69 Å². The minimum absolute atomic E-state index is 0.0924. The second kappa shape index (κ2) is 8.74. The lowest BCUT2D eigenvalue weighted by atomic mass is 10.1. The molecule has 1 saturated heterocycles. The third-order valence-corrected chi connectivity index (χ3v) is 5.54. The molecule has 1 aliphatic heterocycles. The van der Waals surface area contributed by atoms with Crippen LogP contribution in [0.15, 0.2) is 54.7 Å². The van der Waals surface area contributed by atoms with E-state index in [1.807, 2.05) is 4.90 Å². The molecule has 0 radical (unpaired) electrons. The summed E-state index contributed by atoms with van der Waals surface area (Å²) < 4.78 is 39.3. The highest BCUT2D eigenvalue weighted by Crippen LogP contribution is 2.32. The molecule has 2 heterocycles. The number of halogens is 4. The highest BCUT2D eigenvalue weighted by atomic mass is 35.5. The van der Waals surface area contributed by atoms with Gasteiger partial charge in [0.25, 0.3) is 11.6 Å². The molecule has 0 aliphatic carbocycles. The van der Waals surface area contributed by atoms with Crippen LogP contribution >= 0.6 is 11.6 Å². The number of amides is 1. The van der Waals surface area contributed by atoms with Gasteiger partial charge in [-0.05, 0) is 42.5 Å². The smallest absolute Gasteiger partial charge is 0.362 e. The lowest BCUT2D eigenvalue weighted by Crippen LogP contribution is -2.49. The van der Waals surface area contributed by atoms with Gasteiger partial charge in [0.1, 0.15) is 5.69 Å². The predicted octanol–water partition coefficient (Wildman–Crippen LogP) is 4.42. The van der Waals surface area contributed by atoms with Crippen LogP contribution in [0.2, 0.25) is 5.02 Å². The second-order valence-electron chi connectivity index (χ2n) is 7.36. The first-order valence-electron chi connectivity index (χ1n) is 9.85. The predicted molar refractivity (Wildman–Crippen MR) is 115 cm³/mol. The third kappa shape index (κ3) is 4.77. The molecular weight excluding hydrogens is 463 g/mol. The van der Waals surface area contributed by atoms with Gasteiger partial charge in [-0.15, -0.1) is 0 Å². The fourth-order valence-corrected chi connectivity index (χ4v) is 3.79. The molecule has 2 aromatic carbocycles. The van der Waals surface area contributed by atoms with Crippen LogP contribution in [-0.2, 0) is 6.18 Å². The van der Waals surface area contributed by atoms with Crippen LogP contribution in [0.1, 0.15) is 16.1 Å². The number of benzene rings is 2. The largest absolute Gasteiger partial charge is 0.435 e. The first kappa shape index (κ1) is 22.6. The number of rotatable bonds is 4. The van der Waals surface area contributed by atoms with Crippen molar-refractivity contribution in [2.75, 3.05) is 31.1 Å². The minimum Gasteiger partial charge on any atom is -0.362 e. The maximum atomic E-state index is 12.9. The van der Waals surface area contributed by atoms with Crippen LogP contribution in [0.3, 0.4) is 0 Å². The molecule has 3 aromatic rings. The molecule has 172 valence electrons. The fraction of sp³-hybridized carbons (Fsp3) is 0.238. The van der Waals surface area contributed by atoms with Gasteiger partial charge < -0.3 is 9.80 Å². The van der Waals surface area contributed by atoms with Crippen LogP contribution in [0.25, 0.3) is 5.69 Å². The Morgan fingerprint density at radius 2 is 1.70 bits per heavy atom. The second-order valence-corrected chi connectivity index (χ2v) is 7.80. The average Bonchev–Trinajstić information content (AvgIpc) is 3.30. The van der Waals surface area contributed by atoms with E-state index in [-0.39, 0.29) is 16.6 Å². The molecule has 1 aliphatic rings. The van der Waals surface area contributed by atoms with Crippen molar-refractivity contribution in [3.05, 3.63) is 81.1 Å². The van der Waals surface area contributed by atoms with Crippen LogP contribution < -0.4 is 4.90 Å². The number of hydrogen-bond donors (Lipinski definition) is 0. The zero-order valence-electron chi connectivity index (χ0n) is 17.0. The maximum absolute atomic E-state index is 12.9. The molecule has 1 amide bonds. The Balaban J connectivity index is 1.42. The van der Waals surface area contributed by atoms with Gasteiger partial charge in [0, 0.05) is 49.0 Å². The molecule has 0 N–H and O–H groups in total. The van der Waals surface area contributed by atoms with E-state index in [0.29, 0.717) is 43.1 Å². The number of piperazine rings is 1. The number of nitro benzene ring substituents is 1. The minimum atomic E-state index is -4.53. The Kier molecular flexibility index (Phi) is 5.98. The quantitative estimate of drug-likeness (QED) is 0.408. The summed E-state index contributed by atoms with van der Waals surface area (Å²) in [6.07, 6.45) is -3.33. The van der Waals surface area contributed by atoms with Crippen molar-refractivity contribution in [1.82, 2.24) is 14.7 Å². The SMILES string of the molecule is O=C(c1ccc(-n2ccc(C(F)(F)F)n2)cc1)N1CCN(c2ccc(Cl)cc2[N+](=O)[O-])CC1. The number of hydrogen-bond acceptors (Lipinski definition) is 5. The third-order valence-electron chi connectivity index (χ3n) is 5.30. The normalized spacial score (nSPS) is 14.4. The van der Waals surface area contributed by atoms with Gasteiger partial charge in [-0.2, -0.15) is 18.3 Å². The van der Waals surface area contributed by atoms with Crippen molar-refractivity contribution >= 4 is 28.9 Å². The molecule has 1 fully saturated rings. The zero-order chi connectivity index (χ0) is 23.8. The molecule has 4 rings (SSSR count). The lowest BCUT2D eigenvalue weighted by molar-refractivity contribution is -0.384. The molecular formula is C21H17ClF3N5O3. The van der Waals surface area contributed by atoms with Gasteiger partial charge in [0.2, 0.25) is 0 Å². The topological polar surface area (TPSA) is 84.5 Å². The summed E-state index contributed by atoms with van der Waals surface area (Å²) in [6, 6.07) is 11.5. The van der Waals surface area contributed by atoms with Gasteiger partial charge in [-0.3, -0.25) is 14.9 Å². The summed E-state index contributed by atoms with van der Waals surface area (Å²) in [4.78, 5) is 27.2. The Bertz CT molecular complexity index is 1190. The monoisotopic (exact) mass is 479 g/mol. The van der Waals surface area contributed by atoms with E-state index in [1.54, 1.807) is 17.0 Å². The molecule has 0 spiro atoms. The molecule has 33 heavy (non-hydrogen) atoms. The summed E-state index contributed by atoms with van der Waals surface area (Å²) in [7, 11) is 0. The van der Waals surface area contributed by atoms with Crippen molar-refractivity contribution in [3.63, 3.8) is 0 Å². The van der Waals surface area contributed by atoms with Crippen molar-refractivity contribution in [2.45, 2.75) is 6.18 Å². The van der Waals surface area contributed by atoms with Crippen molar-refractivity contribution in [2.24, 2.45) is 0 Å². The van der Waals surface area contributed by atoms with Crippen LogP contribution in [-0.4, -0.2) is 51.7 Å². The summed E-state index contributed by atoms with van der Waals surface area (Å²) in [6.45, 7) is 1.52. The molecule has 0 saturated carbocycles. The van der Waals surface area contributed by atoms with Crippen LogP contribution in [0, 0.1) is 10.1 Å². The Morgan fingerprint density at radius 3 is 2.27 bits per heavy atom. The molecule has 0 unspecified atom stereocenters. The van der Waals surface area contributed by atoms with Gasteiger partial charge in [-0.1, -0.05) is 11.6 Å². The van der Waals surface area contributed by atoms with Crippen molar-refractivity contribution in [1.29, 1.82) is 0 Å². The van der Waals surface area contributed by atoms with E-state index >= 15 is 0 Å². The number of aromatic nitrogens is 2. The highest BCUT2D eigenvalue weighted by molar-refractivity contribution is 6.30. The molecule has 0 bridgehead atoms. The van der Waals surface area contributed by atoms with Gasteiger partial charge in [0.05, 0.1) is 10.6 Å². The number of nitro groups is 1. The lowest BCUT2D eigenvalue weighted by Gasteiger charge is -2.35. The van der Waals surface area contributed by atoms with Crippen LogP contribution in [0.4, 0.5) is 24.5 Å². The zero-order valence-corrected chi connectivity index (χ0v) is 17.8. The average molecular weight is 480 g/mol. The first-order chi connectivity index (χ1) is 15.6. The van der Waals surface area contributed by atoms with E-state index in [2.05, 4.69) is 5.10 Å². The van der Waals surface area contributed by atoms with Gasteiger partial charge in [-0.25, -0.2) is 4.68 Å². The van der Waals surface area contributed by atoms with E-state index in [1.165, 1.54) is 36.5 Å². The van der Waals surface area contributed by atoms with E-state index in [4.69, 9.17) is 11.6 Å². The van der Waals surface area contributed by atoms with E-state index in [9.17, 15) is 28.1 Å². The molecule has 1 aromatic heterocycles. The summed E-state index contributed by atoms with van der Waals surface area (Å²) >= 11 is 5.87. The number of carbonyl (C=O) groups excluding carboxylic acids is 1. The van der Waals surface area contributed by atoms with Crippen LogP contribution in [0.5, 0.6) is 0 Å². The number of alkyl halides is 3. The highest BCUT2D eigenvalue weighted by Gasteiger charge is 2.33. The number of nitrogens with zero attached hydrogens (tertiary/aromatic N) is 5. The Labute approximate surface area is 190 Å². The maximum Gasteiger partial charge on any atom is 0.435 e. The standard InChI is InChI=1S/C21H17ClF3N5O3/c22-15-3-6-17(18(13-15)30(32)33)27-9-11-28(12-10-27)20(31)14-1-4-16(5-2-14)29-8-7-19(26-29)21(23,24)25/h1-8,13H,9-12H2. The van der Waals surface area contributed by atoms with Gasteiger partial charge in [0.15, 0.2) is 5.69 Å². The Morgan fingerprint density at radius 1 is 1.03 bits per heavy atom. The molecule has 0 atom stereocenters. The van der Waals surface area contributed by atoms with E-state index < -0.39 is 16.8 Å². The summed E-state index contributed by atoms with van der Waals surface area (Å²) in [5.74, 6) is -0.233. The first-order valence-corrected chi connectivity index (χ1v) is 10.2. The van der Waals surface area contributed by atoms with Gasteiger partial charge >= 0.3 is 6.18 Å². The number of anilines is 1. The van der Waals surface area contributed by atoms with Crippen molar-refractivity contribution < 1.29 is 22.9 Å². The summed E-state index contributed by atoms with van der Waals surface area (Å²) in [5.41, 5.74) is 0.125. The fourth-order valence-electron chi connectivity index (χ4n) is 3.62. The Hall–Kier alpha value is -3.60. The number of carbonyl (C=O) groups is 1. The summed E-state index contributed by atoms with van der Waals surface area (Å²) in [5, 5.41) is 15.1. The van der Waals surface area contributed by atoms with E-state index in [0.717, 1.165) is 10.7 Å².